The van der Waals surface area contributed by atoms with Gasteiger partial charge in [-0.25, -0.2) is 0 Å². The van der Waals surface area contributed by atoms with Crippen LogP contribution in [0.4, 0.5) is 17.3 Å². The number of carbonyl (C=O) groups is 1. The zero-order chi connectivity index (χ0) is 23.1. The molecule has 2 N–H and O–H groups in total. The molecule has 3 rings (SSSR count). The molecule has 2 aromatic rings. The highest BCUT2D eigenvalue weighted by Crippen LogP contribution is 2.33. The van der Waals surface area contributed by atoms with E-state index in [0.29, 0.717) is 24.4 Å². The van der Waals surface area contributed by atoms with Gasteiger partial charge in [-0.1, -0.05) is 6.07 Å². The van der Waals surface area contributed by atoms with Crippen LogP contribution < -0.4 is 15.4 Å². The smallest absolute Gasteiger partial charge is 0.353 e. The summed E-state index contributed by atoms with van der Waals surface area (Å²) in [4.78, 5) is 37.0. The van der Waals surface area contributed by atoms with Crippen LogP contribution in [0.5, 0.6) is 6.01 Å². The number of nitrogen functional groups attached to an aromatic ring is 1. The number of aryl methyl sites for hydroxylation is 1. The number of nitrogens with two attached hydrogens (primary N) is 1. The van der Waals surface area contributed by atoms with Crippen LogP contribution in [0.3, 0.4) is 0 Å². The Balaban J connectivity index is 2.00. The summed E-state index contributed by atoms with van der Waals surface area (Å²) in [5, 5.41) is 11.8. The summed E-state index contributed by atoms with van der Waals surface area (Å²) in [7, 11) is 0. The summed E-state index contributed by atoms with van der Waals surface area (Å²) in [6, 6.07) is 3.39. The molecule has 0 spiro atoms. The minimum Gasteiger partial charge on any atom is -0.495 e. The standard InChI is InChI=1S/C20H24N6O6/c1-3-30-16(27)11-25(10-14-7-6-13(2)22-9-14)19-17(26(28)29)18(21)23-20(24-19)32-12-15-5-4-8-31-15/h6-7,9,12H,3-5,8,10-11H2,1-2H3,(H2,21,23,24)/b15-12+. The number of anilines is 2. The number of allylic oxidation sites excluding steroid dienone is 1. The van der Waals surface area contributed by atoms with Crippen LogP contribution >= 0.6 is 0 Å². The Labute approximate surface area is 184 Å². The second-order valence-corrected chi connectivity index (χ2v) is 6.94. The first kappa shape index (κ1) is 22.7. The fourth-order valence-electron chi connectivity index (χ4n) is 3.00. The maximum atomic E-state index is 12.2. The lowest BCUT2D eigenvalue weighted by molar-refractivity contribution is -0.383. The van der Waals surface area contributed by atoms with Gasteiger partial charge in [-0.15, -0.1) is 0 Å². The predicted molar refractivity (Wildman–Crippen MR) is 114 cm³/mol. The Morgan fingerprint density at radius 3 is 2.84 bits per heavy atom. The van der Waals surface area contributed by atoms with Crippen LogP contribution in [0.2, 0.25) is 0 Å². The molecule has 32 heavy (non-hydrogen) atoms. The molecule has 2 aromatic heterocycles. The van der Waals surface area contributed by atoms with Gasteiger partial charge in [0.25, 0.3) is 0 Å². The molecule has 0 saturated carbocycles. The average molecular weight is 444 g/mol. The van der Waals surface area contributed by atoms with E-state index in [9.17, 15) is 14.9 Å². The van der Waals surface area contributed by atoms with Crippen LogP contribution in [0.1, 0.15) is 31.0 Å². The van der Waals surface area contributed by atoms with Gasteiger partial charge in [-0.3, -0.25) is 19.9 Å². The van der Waals surface area contributed by atoms with E-state index in [2.05, 4.69) is 15.0 Å². The molecule has 1 aliphatic heterocycles. The molecular formula is C20H24N6O6. The fourth-order valence-corrected chi connectivity index (χ4v) is 3.00. The number of carbonyl (C=O) groups excluding carboxylic acids is 1. The summed E-state index contributed by atoms with van der Waals surface area (Å²) in [5.41, 5.74) is 6.84. The number of pyridine rings is 1. The summed E-state index contributed by atoms with van der Waals surface area (Å²) in [6.45, 7) is 4.04. The first-order valence-electron chi connectivity index (χ1n) is 10.00. The zero-order valence-electron chi connectivity index (χ0n) is 17.8. The molecule has 0 radical (unpaired) electrons. The van der Waals surface area contributed by atoms with Crippen molar-refractivity contribution in [3.8, 4) is 6.01 Å². The number of aromatic nitrogens is 3. The summed E-state index contributed by atoms with van der Waals surface area (Å²) in [6.07, 6.45) is 4.52. The second-order valence-electron chi connectivity index (χ2n) is 6.94. The van der Waals surface area contributed by atoms with Gasteiger partial charge in [0.1, 0.15) is 18.6 Å². The van der Waals surface area contributed by atoms with Gasteiger partial charge in [0.2, 0.25) is 11.6 Å². The Morgan fingerprint density at radius 1 is 1.41 bits per heavy atom. The van der Waals surface area contributed by atoms with Crippen LogP contribution in [0, 0.1) is 17.0 Å². The van der Waals surface area contributed by atoms with E-state index in [0.717, 1.165) is 12.1 Å². The fraction of sp³-hybridized carbons (Fsp3) is 0.400. The van der Waals surface area contributed by atoms with Crippen molar-refractivity contribution in [1.82, 2.24) is 15.0 Å². The third kappa shape index (κ3) is 5.80. The third-order valence-electron chi connectivity index (χ3n) is 4.48. The number of nitrogens with zero attached hydrogens (tertiary/aromatic N) is 5. The lowest BCUT2D eigenvalue weighted by atomic mass is 10.2. The molecule has 12 heteroatoms. The van der Waals surface area contributed by atoms with Crippen molar-refractivity contribution in [3.05, 3.63) is 51.7 Å². The van der Waals surface area contributed by atoms with E-state index in [4.69, 9.17) is 19.9 Å². The maximum Gasteiger partial charge on any atom is 0.353 e. The molecule has 3 heterocycles. The van der Waals surface area contributed by atoms with Crippen molar-refractivity contribution in [2.24, 2.45) is 0 Å². The van der Waals surface area contributed by atoms with Crippen molar-refractivity contribution in [2.45, 2.75) is 33.2 Å². The summed E-state index contributed by atoms with van der Waals surface area (Å²) in [5.74, 6) is -0.530. The van der Waals surface area contributed by atoms with Crippen molar-refractivity contribution < 1.29 is 23.9 Å². The minimum atomic E-state index is -0.696. The maximum absolute atomic E-state index is 12.2. The molecule has 0 aliphatic carbocycles. The molecule has 0 aromatic carbocycles. The summed E-state index contributed by atoms with van der Waals surface area (Å²) >= 11 is 0. The molecule has 170 valence electrons. The van der Waals surface area contributed by atoms with Crippen LogP contribution in [0.25, 0.3) is 0 Å². The Kier molecular flexibility index (Phi) is 7.37. The zero-order valence-corrected chi connectivity index (χ0v) is 17.8. The van der Waals surface area contributed by atoms with E-state index in [1.807, 2.05) is 6.92 Å². The predicted octanol–water partition coefficient (Wildman–Crippen LogP) is 2.27. The SMILES string of the molecule is CCOC(=O)CN(Cc1ccc(C)nc1)c1nc(O/C=C2\CCCO2)nc(N)c1[N+](=O)[O-]. The topological polar surface area (TPSA) is 156 Å². The van der Waals surface area contributed by atoms with Gasteiger partial charge in [-0.2, -0.15) is 9.97 Å². The van der Waals surface area contributed by atoms with Gasteiger partial charge in [0, 0.05) is 24.9 Å². The van der Waals surface area contributed by atoms with E-state index in [1.165, 1.54) is 11.2 Å². The third-order valence-corrected chi connectivity index (χ3v) is 4.48. The van der Waals surface area contributed by atoms with Crippen molar-refractivity contribution >= 4 is 23.3 Å². The van der Waals surface area contributed by atoms with E-state index < -0.39 is 22.4 Å². The first-order chi connectivity index (χ1) is 15.4. The highest BCUT2D eigenvalue weighted by molar-refractivity contribution is 5.78. The van der Waals surface area contributed by atoms with E-state index in [-0.39, 0.29) is 31.5 Å². The normalized spacial score (nSPS) is 14.1. The first-order valence-corrected chi connectivity index (χ1v) is 10.00. The lowest BCUT2D eigenvalue weighted by Gasteiger charge is -2.23. The highest BCUT2D eigenvalue weighted by atomic mass is 16.6. The van der Waals surface area contributed by atoms with Gasteiger partial charge >= 0.3 is 17.7 Å². The van der Waals surface area contributed by atoms with E-state index >= 15 is 0 Å². The lowest BCUT2D eigenvalue weighted by Crippen LogP contribution is -2.32. The molecule has 0 unspecified atom stereocenters. The molecule has 1 saturated heterocycles. The highest BCUT2D eigenvalue weighted by Gasteiger charge is 2.29. The van der Waals surface area contributed by atoms with Gasteiger partial charge in [0.05, 0.1) is 18.1 Å². The van der Waals surface area contributed by atoms with Crippen molar-refractivity contribution in [1.29, 1.82) is 0 Å². The molecule has 0 atom stereocenters. The Morgan fingerprint density at radius 2 is 2.22 bits per heavy atom. The van der Waals surface area contributed by atoms with E-state index in [1.54, 1.807) is 25.3 Å². The number of hydrogen-bond donors (Lipinski definition) is 1. The largest absolute Gasteiger partial charge is 0.495 e. The number of rotatable bonds is 9. The van der Waals surface area contributed by atoms with Crippen LogP contribution in [-0.2, 0) is 20.8 Å². The van der Waals surface area contributed by atoms with Gasteiger partial charge in [-0.05, 0) is 31.9 Å². The number of nitro groups is 1. The molecule has 12 nitrogen and oxygen atoms in total. The summed E-state index contributed by atoms with van der Waals surface area (Å²) < 4.78 is 15.9. The molecule has 1 fully saturated rings. The second kappa shape index (κ2) is 10.4. The number of ether oxygens (including phenoxy) is 3. The molecule has 1 aliphatic rings. The average Bonchev–Trinajstić information content (AvgIpc) is 3.26. The van der Waals surface area contributed by atoms with Crippen LogP contribution in [0.15, 0.2) is 30.4 Å². The minimum absolute atomic E-state index is 0.0903. The molecule has 0 amide bonds. The molecular weight excluding hydrogens is 420 g/mol. The monoisotopic (exact) mass is 444 g/mol. The quantitative estimate of drug-likeness (QED) is 0.262. The Bertz CT molecular complexity index is 1000. The van der Waals surface area contributed by atoms with Crippen molar-refractivity contribution in [3.63, 3.8) is 0 Å². The van der Waals surface area contributed by atoms with Gasteiger partial charge in [0.15, 0.2) is 0 Å². The van der Waals surface area contributed by atoms with Gasteiger partial charge < -0.3 is 24.8 Å². The Hall–Kier alpha value is -3.96. The number of hydrogen-bond acceptors (Lipinski definition) is 11. The van der Waals surface area contributed by atoms with Crippen LogP contribution in [-0.4, -0.2) is 45.6 Å². The number of esters is 1. The van der Waals surface area contributed by atoms with Crippen molar-refractivity contribution in [2.75, 3.05) is 30.4 Å². The molecule has 0 bridgehead atoms.